The van der Waals surface area contributed by atoms with Crippen LogP contribution in [0.2, 0.25) is 0 Å². The molecule has 0 unspecified atom stereocenters. The number of carboxylic acid groups (broad SMARTS) is 1. The van der Waals surface area contributed by atoms with E-state index >= 15 is 0 Å². The number of aliphatic carboxylic acids is 1. The zero-order chi connectivity index (χ0) is 12.1. The number of hydrogen-bond donors (Lipinski definition) is 1. The normalized spacial score (nSPS) is 17.3. The lowest BCUT2D eigenvalue weighted by Gasteiger charge is -2.18. The molecule has 1 aromatic heterocycles. The van der Waals surface area contributed by atoms with E-state index in [2.05, 4.69) is 4.90 Å². The maximum Gasteiger partial charge on any atom is 0.328 e. The van der Waals surface area contributed by atoms with Crippen molar-refractivity contribution in [2.45, 2.75) is 25.7 Å². The number of carboxylic acids is 1. The Kier molecular flexibility index (Phi) is 3.85. The van der Waals surface area contributed by atoms with E-state index in [0.29, 0.717) is 5.76 Å². The molecule has 1 fully saturated rings. The molecule has 0 aliphatic carbocycles. The molecular formula is C13H17NO3. The Labute approximate surface area is 101 Å². The summed E-state index contributed by atoms with van der Waals surface area (Å²) in [6, 6.07) is 3.71. The molecule has 2 rings (SSSR count). The SMILES string of the molecule is O=C(O)/C=C/c1ccc(N2CCCCCC2)o1. The van der Waals surface area contributed by atoms with Gasteiger partial charge in [-0.15, -0.1) is 0 Å². The molecular weight excluding hydrogens is 218 g/mol. The Bertz CT molecular complexity index is 401. The highest BCUT2D eigenvalue weighted by Crippen LogP contribution is 2.22. The highest BCUT2D eigenvalue weighted by atomic mass is 16.4. The summed E-state index contributed by atoms with van der Waals surface area (Å²) >= 11 is 0. The average molecular weight is 235 g/mol. The standard InChI is InChI=1S/C13H17NO3/c15-13(16)8-6-11-5-7-12(17-11)14-9-3-1-2-4-10-14/h5-8H,1-4,9-10H2,(H,15,16)/b8-6+. The first-order valence-corrected chi connectivity index (χ1v) is 6.01. The van der Waals surface area contributed by atoms with E-state index < -0.39 is 5.97 Å². The highest BCUT2D eigenvalue weighted by molar-refractivity contribution is 5.84. The van der Waals surface area contributed by atoms with Gasteiger partial charge in [-0.1, -0.05) is 12.8 Å². The molecule has 92 valence electrons. The van der Waals surface area contributed by atoms with Crippen LogP contribution in [0.4, 0.5) is 5.88 Å². The van der Waals surface area contributed by atoms with E-state index in [1.165, 1.54) is 31.8 Å². The van der Waals surface area contributed by atoms with Gasteiger partial charge in [0, 0.05) is 25.2 Å². The molecule has 0 amide bonds. The molecule has 0 saturated carbocycles. The molecule has 0 radical (unpaired) electrons. The fraction of sp³-hybridized carbons (Fsp3) is 0.462. The Hall–Kier alpha value is -1.71. The third kappa shape index (κ3) is 3.37. The largest absolute Gasteiger partial charge is 0.478 e. The van der Waals surface area contributed by atoms with Crippen LogP contribution in [0.25, 0.3) is 6.08 Å². The van der Waals surface area contributed by atoms with Gasteiger partial charge in [0.05, 0.1) is 0 Å². The van der Waals surface area contributed by atoms with E-state index in [1.807, 2.05) is 6.07 Å². The van der Waals surface area contributed by atoms with Crippen LogP contribution in [-0.4, -0.2) is 24.2 Å². The zero-order valence-corrected chi connectivity index (χ0v) is 9.76. The number of hydrogen-bond acceptors (Lipinski definition) is 3. The molecule has 0 spiro atoms. The van der Waals surface area contributed by atoms with Crippen molar-refractivity contribution >= 4 is 17.9 Å². The summed E-state index contributed by atoms with van der Waals surface area (Å²) in [5.74, 6) is 0.473. The number of rotatable bonds is 3. The molecule has 4 heteroatoms. The minimum atomic E-state index is -0.960. The Morgan fingerprint density at radius 1 is 1.24 bits per heavy atom. The summed E-state index contributed by atoms with van der Waals surface area (Å²) in [6.45, 7) is 2.05. The lowest BCUT2D eigenvalue weighted by molar-refractivity contribution is -0.131. The second kappa shape index (κ2) is 5.57. The number of furan rings is 1. The van der Waals surface area contributed by atoms with Gasteiger partial charge in [-0.25, -0.2) is 4.79 Å². The van der Waals surface area contributed by atoms with E-state index in [9.17, 15) is 4.79 Å². The van der Waals surface area contributed by atoms with Crippen molar-refractivity contribution in [1.82, 2.24) is 0 Å². The summed E-state index contributed by atoms with van der Waals surface area (Å²) in [7, 11) is 0. The van der Waals surface area contributed by atoms with E-state index in [1.54, 1.807) is 6.07 Å². The first kappa shape index (κ1) is 11.8. The van der Waals surface area contributed by atoms with Crippen molar-refractivity contribution in [3.63, 3.8) is 0 Å². The van der Waals surface area contributed by atoms with Crippen LogP contribution in [-0.2, 0) is 4.79 Å². The van der Waals surface area contributed by atoms with Gasteiger partial charge in [0.2, 0.25) is 0 Å². The van der Waals surface area contributed by atoms with Crippen molar-refractivity contribution in [2.75, 3.05) is 18.0 Å². The molecule has 1 N–H and O–H groups in total. The molecule has 17 heavy (non-hydrogen) atoms. The predicted octanol–water partition coefficient (Wildman–Crippen LogP) is 2.76. The minimum Gasteiger partial charge on any atom is -0.478 e. The number of nitrogens with zero attached hydrogens (tertiary/aromatic N) is 1. The third-order valence-corrected chi connectivity index (χ3v) is 2.92. The maximum absolute atomic E-state index is 10.4. The lowest BCUT2D eigenvalue weighted by atomic mass is 10.2. The molecule has 4 nitrogen and oxygen atoms in total. The fourth-order valence-electron chi connectivity index (χ4n) is 2.05. The van der Waals surface area contributed by atoms with Gasteiger partial charge in [-0.2, -0.15) is 0 Å². The minimum absolute atomic E-state index is 0.589. The summed E-state index contributed by atoms with van der Waals surface area (Å²) < 4.78 is 5.60. The first-order valence-electron chi connectivity index (χ1n) is 6.01. The van der Waals surface area contributed by atoms with Crippen molar-refractivity contribution in [2.24, 2.45) is 0 Å². The van der Waals surface area contributed by atoms with Gasteiger partial charge in [-0.3, -0.25) is 0 Å². The van der Waals surface area contributed by atoms with Gasteiger partial charge in [-0.05, 0) is 25.0 Å². The molecule has 0 bridgehead atoms. The fourth-order valence-corrected chi connectivity index (χ4v) is 2.05. The topological polar surface area (TPSA) is 53.7 Å². The molecule has 0 atom stereocenters. The maximum atomic E-state index is 10.4. The van der Waals surface area contributed by atoms with E-state index in [4.69, 9.17) is 9.52 Å². The smallest absolute Gasteiger partial charge is 0.328 e. The number of anilines is 1. The molecule has 1 saturated heterocycles. The number of carbonyl (C=O) groups is 1. The molecule has 1 aliphatic heterocycles. The first-order chi connectivity index (χ1) is 8.25. The van der Waals surface area contributed by atoms with Crippen LogP contribution in [0.3, 0.4) is 0 Å². The van der Waals surface area contributed by atoms with Crippen molar-refractivity contribution < 1.29 is 14.3 Å². The van der Waals surface area contributed by atoms with Crippen LogP contribution in [0.1, 0.15) is 31.4 Å². The second-order valence-corrected chi connectivity index (χ2v) is 4.25. The van der Waals surface area contributed by atoms with Gasteiger partial charge in [0.15, 0.2) is 5.88 Å². The van der Waals surface area contributed by atoms with Crippen LogP contribution in [0, 0.1) is 0 Å². The highest BCUT2D eigenvalue weighted by Gasteiger charge is 2.12. The van der Waals surface area contributed by atoms with Crippen LogP contribution in [0.5, 0.6) is 0 Å². The third-order valence-electron chi connectivity index (χ3n) is 2.92. The molecule has 0 aromatic carbocycles. The van der Waals surface area contributed by atoms with Crippen LogP contribution >= 0.6 is 0 Å². The molecule has 2 heterocycles. The van der Waals surface area contributed by atoms with Crippen LogP contribution < -0.4 is 4.90 Å². The Balaban J connectivity index is 2.03. The van der Waals surface area contributed by atoms with E-state index in [-0.39, 0.29) is 0 Å². The quantitative estimate of drug-likeness (QED) is 0.818. The molecule has 1 aliphatic rings. The van der Waals surface area contributed by atoms with Crippen molar-refractivity contribution in [1.29, 1.82) is 0 Å². The monoisotopic (exact) mass is 235 g/mol. The predicted molar refractivity (Wildman–Crippen MR) is 66.1 cm³/mol. The van der Waals surface area contributed by atoms with Crippen molar-refractivity contribution in [3.8, 4) is 0 Å². The Morgan fingerprint density at radius 3 is 2.59 bits per heavy atom. The van der Waals surface area contributed by atoms with Gasteiger partial charge < -0.3 is 14.4 Å². The summed E-state index contributed by atoms with van der Waals surface area (Å²) in [4.78, 5) is 12.6. The second-order valence-electron chi connectivity index (χ2n) is 4.25. The lowest BCUT2D eigenvalue weighted by Crippen LogP contribution is -2.23. The average Bonchev–Trinajstić information content (AvgIpc) is 2.60. The zero-order valence-electron chi connectivity index (χ0n) is 9.76. The van der Waals surface area contributed by atoms with E-state index in [0.717, 1.165) is 25.0 Å². The Morgan fingerprint density at radius 2 is 1.94 bits per heavy atom. The van der Waals surface area contributed by atoms with Crippen molar-refractivity contribution in [3.05, 3.63) is 24.0 Å². The summed E-state index contributed by atoms with van der Waals surface area (Å²) in [6.07, 6.45) is 7.52. The summed E-state index contributed by atoms with van der Waals surface area (Å²) in [5.41, 5.74) is 0. The van der Waals surface area contributed by atoms with Gasteiger partial charge in [0.25, 0.3) is 0 Å². The van der Waals surface area contributed by atoms with Gasteiger partial charge in [0.1, 0.15) is 5.76 Å². The molecule has 1 aromatic rings. The van der Waals surface area contributed by atoms with Crippen LogP contribution in [0.15, 0.2) is 22.6 Å². The van der Waals surface area contributed by atoms with Gasteiger partial charge >= 0.3 is 5.97 Å². The summed E-state index contributed by atoms with van der Waals surface area (Å²) in [5, 5.41) is 8.53.